The maximum absolute atomic E-state index is 11.9. The zero-order valence-corrected chi connectivity index (χ0v) is 12.0. The Hall–Kier alpha value is -1.14. The number of sulfonamides is 1. The highest BCUT2D eigenvalue weighted by molar-refractivity contribution is 7.91. The van der Waals surface area contributed by atoms with E-state index in [1.807, 2.05) is 0 Å². The highest BCUT2D eigenvalue weighted by atomic mass is 32.2. The van der Waals surface area contributed by atoms with Crippen LogP contribution in [0.25, 0.3) is 0 Å². The molecule has 1 heterocycles. The van der Waals surface area contributed by atoms with E-state index in [9.17, 15) is 13.2 Å². The van der Waals surface area contributed by atoms with Crippen LogP contribution in [0.5, 0.6) is 0 Å². The van der Waals surface area contributed by atoms with Gasteiger partial charge in [0.1, 0.15) is 0 Å². The molecule has 1 unspecified atom stereocenters. The fourth-order valence-corrected chi connectivity index (χ4v) is 3.34. The molecule has 9 nitrogen and oxygen atoms in total. The molecule has 1 atom stereocenters. The molecule has 0 aromatic carbocycles. The van der Waals surface area contributed by atoms with Gasteiger partial charge >= 0.3 is 0 Å². The van der Waals surface area contributed by atoms with Gasteiger partial charge in [0.05, 0.1) is 12.6 Å². The molecule has 19 heavy (non-hydrogen) atoms. The first-order valence-corrected chi connectivity index (χ1v) is 7.51. The zero-order chi connectivity index (χ0) is 14.5. The lowest BCUT2D eigenvalue weighted by molar-refractivity contribution is -0.114. The molecular formula is C8H15N5O4S2. The van der Waals surface area contributed by atoms with Crippen LogP contribution in [-0.4, -0.2) is 50.8 Å². The Labute approximate surface area is 114 Å². The summed E-state index contributed by atoms with van der Waals surface area (Å²) in [5, 5.41) is 9.54. The molecule has 0 saturated carbocycles. The molecule has 1 amide bonds. The van der Waals surface area contributed by atoms with Gasteiger partial charge in [-0.3, -0.25) is 4.79 Å². The Bertz CT molecular complexity index is 529. The van der Waals surface area contributed by atoms with Crippen LogP contribution in [0.2, 0.25) is 0 Å². The Morgan fingerprint density at radius 1 is 1.53 bits per heavy atom. The summed E-state index contributed by atoms with van der Waals surface area (Å²) in [6.07, 6.45) is 0. The fraction of sp³-hybridized carbons (Fsp3) is 0.625. The summed E-state index contributed by atoms with van der Waals surface area (Å²) in [7, 11) is -2.38. The van der Waals surface area contributed by atoms with Crippen LogP contribution in [0.4, 0.5) is 5.13 Å². The quantitative estimate of drug-likeness (QED) is 0.535. The average molecular weight is 309 g/mol. The number of ether oxygens (including phenoxy) is 1. The predicted molar refractivity (Wildman–Crippen MR) is 69.3 cm³/mol. The first-order chi connectivity index (χ1) is 8.89. The molecule has 4 N–H and O–H groups in total. The number of hydrogen-bond donors (Lipinski definition) is 3. The van der Waals surface area contributed by atoms with Gasteiger partial charge in [0.15, 0.2) is 0 Å². The van der Waals surface area contributed by atoms with Crippen LogP contribution in [0, 0.1) is 0 Å². The molecule has 0 bridgehead atoms. The van der Waals surface area contributed by atoms with Gasteiger partial charge in [-0.2, -0.15) is 0 Å². The molecule has 1 rings (SSSR count). The van der Waals surface area contributed by atoms with Gasteiger partial charge in [-0.15, -0.1) is 10.2 Å². The van der Waals surface area contributed by atoms with Crippen LogP contribution < -0.4 is 15.8 Å². The van der Waals surface area contributed by atoms with Gasteiger partial charge in [-0.1, -0.05) is 11.3 Å². The Morgan fingerprint density at radius 2 is 2.21 bits per heavy atom. The number of carbonyl (C=O) groups excluding carboxylic acids is 1. The topological polar surface area (TPSA) is 136 Å². The monoisotopic (exact) mass is 309 g/mol. The first-order valence-electron chi connectivity index (χ1n) is 5.21. The number of nitrogens with zero attached hydrogens (tertiary/aromatic N) is 2. The normalized spacial score (nSPS) is 13.2. The largest absolute Gasteiger partial charge is 0.383 e. The van der Waals surface area contributed by atoms with E-state index in [0.717, 1.165) is 11.3 Å². The number of carbonyl (C=O) groups is 1. The molecule has 0 aliphatic heterocycles. The average Bonchev–Trinajstić information content (AvgIpc) is 2.76. The van der Waals surface area contributed by atoms with Crippen molar-refractivity contribution in [2.24, 2.45) is 5.73 Å². The summed E-state index contributed by atoms with van der Waals surface area (Å²) in [6.45, 7) is 1.52. The molecule has 1 aromatic heterocycles. The van der Waals surface area contributed by atoms with Gasteiger partial charge in [-0.25, -0.2) is 13.1 Å². The lowest BCUT2D eigenvalue weighted by Crippen LogP contribution is -2.43. The molecule has 0 aliphatic rings. The van der Waals surface area contributed by atoms with Crippen LogP contribution in [0.1, 0.15) is 6.92 Å². The molecule has 0 spiro atoms. The van der Waals surface area contributed by atoms with Crippen molar-refractivity contribution in [2.45, 2.75) is 17.3 Å². The first kappa shape index (κ1) is 15.9. The van der Waals surface area contributed by atoms with E-state index in [4.69, 9.17) is 10.5 Å². The van der Waals surface area contributed by atoms with Crippen molar-refractivity contribution in [3.63, 3.8) is 0 Å². The summed E-state index contributed by atoms with van der Waals surface area (Å²) in [4.78, 5) is 10.8. The molecule has 1 aromatic rings. The molecule has 0 fully saturated rings. The minimum Gasteiger partial charge on any atom is -0.383 e. The second-order valence-corrected chi connectivity index (χ2v) is 6.43. The van der Waals surface area contributed by atoms with Crippen molar-refractivity contribution in [3.05, 3.63) is 0 Å². The number of amides is 1. The summed E-state index contributed by atoms with van der Waals surface area (Å²) >= 11 is 0.752. The molecule has 0 saturated heterocycles. The molecule has 0 radical (unpaired) electrons. The summed E-state index contributed by atoms with van der Waals surface area (Å²) < 4.78 is 30.8. The third-order valence-electron chi connectivity index (χ3n) is 1.89. The summed E-state index contributed by atoms with van der Waals surface area (Å²) in [6, 6.07) is -0.553. The standard InChI is InChI=1S/C8H15N5O4S2/c1-5(14)10-7-11-12-8(18-7)19(15,16)13-6(3-9)4-17-2/h6,13H,3-4,9H2,1-2H3,(H,10,11,14). The van der Waals surface area contributed by atoms with Crippen LogP contribution >= 0.6 is 11.3 Å². The lowest BCUT2D eigenvalue weighted by Gasteiger charge is -2.14. The number of nitrogens with two attached hydrogens (primary N) is 1. The predicted octanol–water partition coefficient (Wildman–Crippen LogP) is -1.25. The number of rotatable bonds is 7. The third-order valence-corrected chi connectivity index (χ3v) is 4.62. The van der Waals surface area contributed by atoms with E-state index in [0.29, 0.717) is 0 Å². The maximum atomic E-state index is 11.9. The number of methoxy groups -OCH3 is 1. The Morgan fingerprint density at radius 3 is 2.74 bits per heavy atom. The van der Waals surface area contributed by atoms with Gasteiger partial charge < -0.3 is 15.8 Å². The highest BCUT2D eigenvalue weighted by Gasteiger charge is 2.23. The molecule has 108 valence electrons. The van der Waals surface area contributed by atoms with Crippen LogP contribution in [0.3, 0.4) is 0 Å². The van der Waals surface area contributed by atoms with E-state index < -0.39 is 16.1 Å². The number of hydrogen-bond acceptors (Lipinski definition) is 8. The van der Waals surface area contributed by atoms with Crippen LogP contribution in [-0.2, 0) is 19.6 Å². The smallest absolute Gasteiger partial charge is 0.270 e. The maximum Gasteiger partial charge on any atom is 0.270 e. The second kappa shape index (κ2) is 6.86. The number of anilines is 1. The van der Waals surface area contributed by atoms with Crippen molar-refractivity contribution in [1.82, 2.24) is 14.9 Å². The second-order valence-electron chi connectivity index (χ2n) is 3.56. The Kier molecular flexibility index (Phi) is 5.75. The van der Waals surface area contributed by atoms with E-state index >= 15 is 0 Å². The van der Waals surface area contributed by atoms with Crippen molar-refractivity contribution >= 4 is 32.4 Å². The fourth-order valence-electron chi connectivity index (χ4n) is 1.14. The molecular weight excluding hydrogens is 294 g/mol. The van der Waals surface area contributed by atoms with Crippen molar-refractivity contribution in [3.8, 4) is 0 Å². The summed E-state index contributed by atoms with van der Waals surface area (Å²) in [5.74, 6) is -0.354. The minimum absolute atomic E-state index is 0.0877. The highest BCUT2D eigenvalue weighted by Crippen LogP contribution is 2.19. The molecule has 11 heteroatoms. The van der Waals surface area contributed by atoms with Gasteiger partial charge in [0.25, 0.3) is 10.0 Å². The van der Waals surface area contributed by atoms with Gasteiger partial charge in [0.2, 0.25) is 15.4 Å². The molecule has 0 aliphatic carbocycles. The lowest BCUT2D eigenvalue weighted by atomic mass is 10.3. The SMILES string of the molecule is COCC(CN)NS(=O)(=O)c1nnc(NC(C)=O)s1. The minimum atomic E-state index is -3.83. The van der Waals surface area contributed by atoms with E-state index in [1.54, 1.807) is 0 Å². The third kappa shape index (κ3) is 4.80. The van der Waals surface area contributed by atoms with E-state index in [1.165, 1.54) is 14.0 Å². The van der Waals surface area contributed by atoms with E-state index in [2.05, 4.69) is 20.2 Å². The number of nitrogens with one attached hydrogen (secondary N) is 2. The van der Waals surface area contributed by atoms with Crippen molar-refractivity contribution < 1.29 is 17.9 Å². The van der Waals surface area contributed by atoms with Crippen LogP contribution in [0.15, 0.2) is 4.34 Å². The zero-order valence-electron chi connectivity index (χ0n) is 10.4. The van der Waals surface area contributed by atoms with Gasteiger partial charge in [0, 0.05) is 20.6 Å². The Balaban J connectivity index is 2.82. The van der Waals surface area contributed by atoms with Crippen molar-refractivity contribution in [2.75, 3.05) is 25.6 Å². The van der Waals surface area contributed by atoms with Gasteiger partial charge in [-0.05, 0) is 0 Å². The van der Waals surface area contributed by atoms with Crippen molar-refractivity contribution in [1.29, 1.82) is 0 Å². The summed E-state index contributed by atoms with van der Waals surface area (Å²) in [5.41, 5.74) is 5.42. The van der Waals surface area contributed by atoms with E-state index in [-0.39, 0.29) is 28.5 Å². The number of aromatic nitrogens is 2.